The van der Waals surface area contributed by atoms with Gasteiger partial charge in [-0.2, -0.15) is 5.26 Å². The molecule has 2 aromatic carbocycles. The summed E-state index contributed by atoms with van der Waals surface area (Å²) in [5, 5.41) is 12.0. The van der Waals surface area contributed by atoms with Crippen molar-refractivity contribution in [1.82, 2.24) is 14.7 Å². The average Bonchev–Trinajstić information content (AvgIpc) is 3.28. The number of benzene rings is 2. The molecule has 7 heteroatoms. The maximum atomic E-state index is 12.4. The van der Waals surface area contributed by atoms with Crippen molar-refractivity contribution in [3.05, 3.63) is 95.8 Å². The minimum Gasteiger partial charge on any atom is -0.461 e. The Morgan fingerprint density at radius 2 is 1.81 bits per heavy atom. The highest BCUT2D eigenvalue weighted by molar-refractivity contribution is 5.94. The number of carbonyl (C=O) groups is 2. The van der Waals surface area contributed by atoms with Crippen molar-refractivity contribution in [3.8, 4) is 17.3 Å². The van der Waals surface area contributed by atoms with Crippen LogP contribution in [-0.4, -0.2) is 27.8 Å². The quantitative estimate of drug-likeness (QED) is 0.456. The number of hydrogen-bond donors (Lipinski definition) is 1. The van der Waals surface area contributed by atoms with Crippen LogP contribution in [-0.2, 0) is 16.1 Å². The second kappa shape index (κ2) is 9.58. The number of rotatable bonds is 7. The maximum absolute atomic E-state index is 12.4. The number of pyridine rings is 1. The zero-order valence-electron chi connectivity index (χ0n) is 17.2. The minimum atomic E-state index is -0.368. The minimum absolute atomic E-state index is 0.0964. The molecule has 0 bridgehead atoms. The molecule has 0 saturated heterocycles. The molecule has 0 atom stereocenters. The van der Waals surface area contributed by atoms with Gasteiger partial charge >= 0.3 is 5.97 Å². The molecule has 0 aliphatic rings. The van der Waals surface area contributed by atoms with E-state index in [4.69, 9.17) is 4.74 Å². The summed E-state index contributed by atoms with van der Waals surface area (Å²) in [4.78, 5) is 28.7. The van der Waals surface area contributed by atoms with Gasteiger partial charge in [0, 0.05) is 30.1 Å². The highest BCUT2D eigenvalue weighted by atomic mass is 16.5. The third-order valence-electron chi connectivity index (χ3n) is 4.90. The SMILES string of the molecule is N#Cc1cccn2cc(-c3ccc(C(=O)NCCC(=O)OCc4ccccc4)cc3)nc12. The number of nitrogens with one attached hydrogen (secondary N) is 1. The van der Waals surface area contributed by atoms with Crippen LogP contribution in [0.3, 0.4) is 0 Å². The zero-order valence-corrected chi connectivity index (χ0v) is 17.2. The Morgan fingerprint density at radius 3 is 2.56 bits per heavy atom. The molecule has 0 spiro atoms. The van der Waals surface area contributed by atoms with Crippen LogP contribution >= 0.6 is 0 Å². The Bertz CT molecular complexity index is 1290. The van der Waals surface area contributed by atoms with Crippen LogP contribution in [0.1, 0.15) is 27.9 Å². The van der Waals surface area contributed by atoms with E-state index < -0.39 is 0 Å². The summed E-state index contributed by atoms with van der Waals surface area (Å²) in [6.45, 7) is 0.408. The lowest BCUT2D eigenvalue weighted by Gasteiger charge is -2.07. The molecule has 32 heavy (non-hydrogen) atoms. The highest BCUT2D eigenvalue weighted by Gasteiger charge is 2.11. The largest absolute Gasteiger partial charge is 0.461 e. The number of esters is 1. The van der Waals surface area contributed by atoms with E-state index in [2.05, 4.69) is 16.4 Å². The fourth-order valence-corrected chi connectivity index (χ4v) is 3.22. The Balaban J connectivity index is 1.30. The second-order valence-electron chi connectivity index (χ2n) is 7.12. The van der Waals surface area contributed by atoms with E-state index in [1.165, 1.54) is 0 Å². The van der Waals surface area contributed by atoms with Gasteiger partial charge in [-0.15, -0.1) is 0 Å². The molecule has 0 unspecified atom stereocenters. The summed E-state index contributed by atoms with van der Waals surface area (Å²) < 4.78 is 7.00. The first-order chi connectivity index (χ1) is 15.6. The van der Waals surface area contributed by atoms with E-state index in [0.29, 0.717) is 22.5 Å². The standard InChI is InChI=1S/C25H20N4O3/c26-15-21-7-4-14-29-16-22(28-24(21)29)19-8-10-20(11-9-19)25(31)27-13-12-23(30)32-17-18-5-2-1-3-6-18/h1-11,14,16H,12-13,17H2,(H,27,31). The first-order valence-electron chi connectivity index (χ1n) is 10.1. The highest BCUT2D eigenvalue weighted by Crippen LogP contribution is 2.21. The lowest BCUT2D eigenvalue weighted by atomic mass is 10.1. The number of nitrogens with zero attached hydrogens (tertiary/aromatic N) is 3. The van der Waals surface area contributed by atoms with E-state index in [-0.39, 0.29) is 31.4 Å². The topological polar surface area (TPSA) is 96.5 Å². The van der Waals surface area contributed by atoms with Crippen molar-refractivity contribution in [2.75, 3.05) is 6.54 Å². The normalized spacial score (nSPS) is 10.5. The number of carbonyl (C=O) groups excluding carboxylic acids is 2. The number of aromatic nitrogens is 2. The lowest BCUT2D eigenvalue weighted by molar-refractivity contribution is -0.144. The van der Waals surface area contributed by atoms with Crippen molar-refractivity contribution in [2.45, 2.75) is 13.0 Å². The van der Waals surface area contributed by atoms with Crippen LogP contribution < -0.4 is 5.32 Å². The molecule has 4 aromatic rings. The van der Waals surface area contributed by atoms with Crippen LogP contribution in [0.25, 0.3) is 16.9 Å². The molecule has 0 aliphatic carbocycles. The number of amides is 1. The molecule has 2 heterocycles. The Hall–Kier alpha value is -4.44. The number of imidazole rings is 1. The van der Waals surface area contributed by atoms with Gasteiger partial charge in [0.2, 0.25) is 0 Å². The van der Waals surface area contributed by atoms with Gasteiger partial charge in [0.1, 0.15) is 12.7 Å². The average molecular weight is 424 g/mol. The van der Waals surface area contributed by atoms with Gasteiger partial charge in [-0.1, -0.05) is 42.5 Å². The van der Waals surface area contributed by atoms with Crippen molar-refractivity contribution in [1.29, 1.82) is 5.26 Å². The summed E-state index contributed by atoms with van der Waals surface area (Å²) in [6, 6.07) is 22.1. The van der Waals surface area contributed by atoms with Gasteiger partial charge in [-0.05, 0) is 29.8 Å². The molecule has 4 rings (SSSR count). The lowest BCUT2D eigenvalue weighted by Crippen LogP contribution is -2.26. The van der Waals surface area contributed by atoms with Crippen LogP contribution in [0.4, 0.5) is 0 Å². The van der Waals surface area contributed by atoms with Crippen LogP contribution in [0.5, 0.6) is 0 Å². The van der Waals surface area contributed by atoms with Gasteiger partial charge in [-0.25, -0.2) is 4.98 Å². The first-order valence-corrected chi connectivity index (χ1v) is 10.1. The number of nitriles is 1. The molecule has 0 radical (unpaired) electrons. The van der Waals surface area contributed by atoms with Gasteiger partial charge in [0.25, 0.3) is 5.91 Å². The van der Waals surface area contributed by atoms with Gasteiger partial charge in [0.15, 0.2) is 5.65 Å². The summed E-state index contributed by atoms with van der Waals surface area (Å²) >= 11 is 0. The summed E-state index contributed by atoms with van der Waals surface area (Å²) in [5.41, 5.74) is 4.02. The molecule has 0 aliphatic heterocycles. The molecule has 0 saturated carbocycles. The summed E-state index contributed by atoms with van der Waals surface area (Å²) in [5.74, 6) is -0.637. The van der Waals surface area contributed by atoms with Gasteiger partial charge in [-0.3, -0.25) is 9.59 Å². The predicted octanol–water partition coefficient (Wildman–Crippen LogP) is 3.74. The zero-order chi connectivity index (χ0) is 22.3. The van der Waals surface area contributed by atoms with Crippen molar-refractivity contribution >= 4 is 17.5 Å². The third-order valence-corrected chi connectivity index (χ3v) is 4.90. The summed E-state index contributed by atoms with van der Waals surface area (Å²) in [6.07, 6.45) is 3.77. The van der Waals surface area contributed by atoms with E-state index in [1.807, 2.05) is 42.7 Å². The molecule has 1 N–H and O–H groups in total. The first kappa shape index (κ1) is 20.8. The van der Waals surface area contributed by atoms with Crippen LogP contribution in [0.2, 0.25) is 0 Å². The molecule has 7 nitrogen and oxygen atoms in total. The Labute approximate surface area is 184 Å². The number of ether oxygens (including phenoxy) is 1. The van der Waals surface area contributed by atoms with Gasteiger partial charge < -0.3 is 14.5 Å². The fraction of sp³-hybridized carbons (Fsp3) is 0.120. The Kier molecular flexibility index (Phi) is 6.23. The third kappa shape index (κ3) is 4.82. The molecular formula is C25H20N4O3. The van der Waals surface area contributed by atoms with E-state index in [1.54, 1.807) is 40.8 Å². The maximum Gasteiger partial charge on any atom is 0.307 e. The van der Waals surface area contributed by atoms with E-state index >= 15 is 0 Å². The monoisotopic (exact) mass is 424 g/mol. The van der Waals surface area contributed by atoms with Crippen molar-refractivity contribution < 1.29 is 14.3 Å². The number of fused-ring (bicyclic) bond motifs is 1. The molecule has 2 aromatic heterocycles. The van der Waals surface area contributed by atoms with Crippen molar-refractivity contribution in [3.63, 3.8) is 0 Å². The Morgan fingerprint density at radius 1 is 1.03 bits per heavy atom. The fourth-order valence-electron chi connectivity index (χ4n) is 3.22. The predicted molar refractivity (Wildman–Crippen MR) is 119 cm³/mol. The van der Waals surface area contributed by atoms with Crippen LogP contribution in [0, 0.1) is 11.3 Å². The van der Waals surface area contributed by atoms with Crippen molar-refractivity contribution in [2.24, 2.45) is 0 Å². The van der Waals surface area contributed by atoms with E-state index in [9.17, 15) is 14.9 Å². The second-order valence-corrected chi connectivity index (χ2v) is 7.12. The smallest absolute Gasteiger partial charge is 0.307 e. The molecule has 1 amide bonds. The van der Waals surface area contributed by atoms with Gasteiger partial charge in [0.05, 0.1) is 17.7 Å². The van der Waals surface area contributed by atoms with E-state index in [0.717, 1.165) is 11.1 Å². The number of hydrogen-bond acceptors (Lipinski definition) is 5. The molecule has 158 valence electrons. The molecule has 0 fully saturated rings. The molecular weight excluding hydrogens is 404 g/mol. The van der Waals surface area contributed by atoms with Crippen LogP contribution in [0.15, 0.2) is 79.1 Å². The summed E-state index contributed by atoms with van der Waals surface area (Å²) in [7, 11) is 0.